The minimum Gasteiger partial charge on any atom is -0.391 e. The molecule has 4 rings (SSSR count). The highest BCUT2D eigenvalue weighted by atomic mass is 32.2. The third kappa shape index (κ3) is 6.21. The van der Waals surface area contributed by atoms with Gasteiger partial charge in [0.05, 0.1) is 18.8 Å². The zero-order chi connectivity index (χ0) is 23.5. The van der Waals surface area contributed by atoms with E-state index in [1.807, 2.05) is 23.6 Å². The van der Waals surface area contributed by atoms with Gasteiger partial charge in [0.15, 0.2) is 0 Å². The molecule has 4 aliphatic rings. The van der Waals surface area contributed by atoms with Crippen molar-refractivity contribution in [3.8, 4) is 0 Å². The van der Waals surface area contributed by atoms with E-state index < -0.39 is 6.10 Å². The molecule has 5 unspecified atom stereocenters. The van der Waals surface area contributed by atoms with Gasteiger partial charge >= 0.3 is 0 Å². The SMILES string of the molecule is C[C@H](SC1NNCN1C)C1CCCC(NC(=O)C2CC(C(=O)N3C[C@@H](O)C[C@H]3C)CCN2)C1. The van der Waals surface area contributed by atoms with Crippen LogP contribution < -0.4 is 21.5 Å². The highest BCUT2D eigenvalue weighted by Gasteiger charge is 2.39. The fourth-order valence-corrected chi connectivity index (χ4v) is 7.19. The number of carbonyl (C=O) groups excluding carboxylic acids is 2. The summed E-state index contributed by atoms with van der Waals surface area (Å²) in [5.74, 6) is 0.577. The second-order valence-electron chi connectivity index (χ2n) is 10.5. The number of nitrogens with zero attached hydrogens (tertiary/aromatic N) is 2. The summed E-state index contributed by atoms with van der Waals surface area (Å²) in [7, 11) is 2.11. The van der Waals surface area contributed by atoms with Gasteiger partial charge in [0.2, 0.25) is 11.8 Å². The van der Waals surface area contributed by atoms with Gasteiger partial charge in [-0.25, -0.2) is 10.9 Å². The summed E-state index contributed by atoms with van der Waals surface area (Å²) in [6, 6.07) is -0.0351. The number of aliphatic hydroxyl groups excluding tert-OH is 1. The van der Waals surface area contributed by atoms with E-state index in [4.69, 9.17) is 0 Å². The van der Waals surface area contributed by atoms with E-state index in [0.717, 1.165) is 32.4 Å². The normalized spacial score (nSPS) is 38.9. The number of aliphatic hydroxyl groups is 1. The molecular weight excluding hydrogens is 440 g/mol. The maximum atomic E-state index is 13.1. The van der Waals surface area contributed by atoms with Crippen LogP contribution in [0.1, 0.15) is 58.8 Å². The van der Waals surface area contributed by atoms with Crippen LogP contribution in [0.2, 0.25) is 0 Å². The van der Waals surface area contributed by atoms with Crippen LogP contribution in [0.3, 0.4) is 0 Å². The minimum atomic E-state index is -0.425. The Morgan fingerprint density at radius 1 is 1.18 bits per heavy atom. The summed E-state index contributed by atoms with van der Waals surface area (Å²) in [6.07, 6.45) is 5.90. The Hall–Kier alpha value is -0.910. The average molecular weight is 483 g/mol. The van der Waals surface area contributed by atoms with Crippen LogP contribution in [0.25, 0.3) is 0 Å². The summed E-state index contributed by atoms with van der Waals surface area (Å²) in [4.78, 5) is 30.2. The molecule has 8 atom stereocenters. The van der Waals surface area contributed by atoms with Gasteiger partial charge in [-0.15, -0.1) is 11.8 Å². The number of carbonyl (C=O) groups is 2. The van der Waals surface area contributed by atoms with E-state index in [2.05, 4.69) is 40.4 Å². The zero-order valence-corrected chi connectivity index (χ0v) is 21.1. The van der Waals surface area contributed by atoms with E-state index in [-0.39, 0.29) is 41.4 Å². The lowest BCUT2D eigenvalue weighted by Crippen LogP contribution is -2.54. The molecule has 2 amide bonds. The Bertz CT molecular complexity index is 699. The van der Waals surface area contributed by atoms with E-state index in [9.17, 15) is 14.7 Å². The first-order valence-corrected chi connectivity index (χ1v) is 13.6. The smallest absolute Gasteiger partial charge is 0.237 e. The number of piperidine rings is 1. The zero-order valence-electron chi connectivity index (χ0n) is 20.3. The van der Waals surface area contributed by atoms with Gasteiger partial charge in [0.1, 0.15) is 5.50 Å². The molecule has 33 heavy (non-hydrogen) atoms. The molecule has 3 aliphatic heterocycles. The molecule has 1 aliphatic carbocycles. The third-order valence-electron chi connectivity index (χ3n) is 7.93. The lowest BCUT2D eigenvalue weighted by molar-refractivity contribution is -0.138. The molecule has 3 heterocycles. The van der Waals surface area contributed by atoms with Crippen molar-refractivity contribution in [2.75, 3.05) is 26.8 Å². The molecular formula is C23H42N6O3S. The van der Waals surface area contributed by atoms with Crippen molar-refractivity contribution < 1.29 is 14.7 Å². The molecule has 0 bridgehead atoms. The predicted molar refractivity (Wildman–Crippen MR) is 130 cm³/mol. The fraction of sp³-hybridized carbons (Fsp3) is 0.913. The highest BCUT2D eigenvalue weighted by Crippen LogP contribution is 2.35. The first-order valence-electron chi connectivity index (χ1n) is 12.7. The van der Waals surface area contributed by atoms with E-state index in [0.29, 0.717) is 37.1 Å². The molecule has 0 radical (unpaired) electrons. The quantitative estimate of drug-likeness (QED) is 0.371. The van der Waals surface area contributed by atoms with Crippen molar-refractivity contribution in [1.29, 1.82) is 0 Å². The van der Waals surface area contributed by atoms with Crippen molar-refractivity contribution >= 4 is 23.6 Å². The first kappa shape index (κ1) is 25.2. The molecule has 5 N–H and O–H groups in total. The lowest BCUT2D eigenvalue weighted by atomic mass is 9.83. The minimum absolute atomic E-state index is 0.0364. The Morgan fingerprint density at radius 3 is 2.70 bits per heavy atom. The molecule has 0 aromatic carbocycles. The average Bonchev–Trinajstić information content (AvgIpc) is 3.37. The van der Waals surface area contributed by atoms with Crippen LogP contribution in [0.4, 0.5) is 0 Å². The lowest BCUT2D eigenvalue weighted by Gasteiger charge is -2.36. The van der Waals surface area contributed by atoms with Crippen molar-refractivity contribution in [1.82, 2.24) is 31.3 Å². The number of nitrogens with one attached hydrogen (secondary N) is 4. The Kier molecular flexibility index (Phi) is 8.56. The van der Waals surface area contributed by atoms with Crippen LogP contribution in [-0.4, -0.2) is 88.5 Å². The van der Waals surface area contributed by atoms with Gasteiger partial charge in [-0.05, 0) is 65.0 Å². The largest absolute Gasteiger partial charge is 0.391 e. The number of β-amino-alcohol motifs (C(OH)–C–C–N with tert-alkyl or cyclic N) is 1. The molecule has 9 nitrogen and oxygen atoms in total. The monoisotopic (exact) mass is 482 g/mol. The van der Waals surface area contributed by atoms with Crippen molar-refractivity contribution in [3.05, 3.63) is 0 Å². The second-order valence-corrected chi connectivity index (χ2v) is 12.0. The molecule has 4 fully saturated rings. The second kappa shape index (κ2) is 11.2. The standard InChI is InChI=1S/C23H42N6O3S/c1-14-9-19(30)12-29(14)22(32)17-7-8-24-20(11-17)21(31)26-18-6-4-5-16(10-18)15(2)33-23-27-25-13-28(23)3/h14-20,23-25,27,30H,4-13H2,1-3H3,(H,26,31)/t14-,15+,16?,17?,18?,19+,20?,23?/m1/s1. The molecule has 0 aromatic rings. The Balaban J connectivity index is 1.26. The Labute approximate surface area is 202 Å². The van der Waals surface area contributed by atoms with Crippen LogP contribution >= 0.6 is 11.8 Å². The van der Waals surface area contributed by atoms with Crippen LogP contribution in [0.15, 0.2) is 0 Å². The van der Waals surface area contributed by atoms with Gasteiger partial charge < -0.3 is 20.6 Å². The fourth-order valence-electron chi connectivity index (χ4n) is 5.88. The number of hydrogen-bond acceptors (Lipinski definition) is 8. The maximum Gasteiger partial charge on any atom is 0.237 e. The number of rotatable bonds is 6. The van der Waals surface area contributed by atoms with Crippen LogP contribution in [0, 0.1) is 11.8 Å². The van der Waals surface area contributed by atoms with Gasteiger partial charge in [-0.3, -0.25) is 14.5 Å². The highest BCUT2D eigenvalue weighted by molar-refractivity contribution is 8.00. The first-order chi connectivity index (χ1) is 15.8. The summed E-state index contributed by atoms with van der Waals surface area (Å²) < 4.78 is 0. The van der Waals surface area contributed by atoms with E-state index in [1.165, 1.54) is 6.42 Å². The maximum absolute atomic E-state index is 13.1. The molecule has 188 valence electrons. The van der Waals surface area contributed by atoms with Crippen LogP contribution in [-0.2, 0) is 9.59 Å². The Morgan fingerprint density at radius 2 is 2.00 bits per heavy atom. The predicted octanol–water partition coefficient (Wildman–Crippen LogP) is 0.414. The number of hydrogen-bond donors (Lipinski definition) is 5. The third-order valence-corrected chi connectivity index (χ3v) is 9.48. The van der Waals surface area contributed by atoms with Gasteiger partial charge in [0.25, 0.3) is 0 Å². The van der Waals surface area contributed by atoms with Gasteiger partial charge in [-0.2, -0.15) is 0 Å². The molecule has 0 spiro atoms. The number of hydrazine groups is 1. The molecule has 0 aromatic heterocycles. The summed E-state index contributed by atoms with van der Waals surface area (Å²) in [6.45, 7) is 6.25. The summed E-state index contributed by atoms with van der Waals surface area (Å²) >= 11 is 1.95. The number of likely N-dealkylation sites (tertiary alicyclic amines) is 1. The summed E-state index contributed by atoms with van der Waals surface area (Å²) in [5.41, 5.74) is 6.79. The molecule has 3 saturated heterocycles. The summed E-state index contributed by atoms with van der Waals surface area (Å²) in [5, 5.41) is 17.1. The van der Waals surface area contributed by atoms with Crippen molar-refractivity contribution in [2.24, 2.45) is 11.8 Å². The van der Waals surface area contributed by atoms with Gasteiger partial charge in [-0.1, -0.05) is 13.3 Å². The van der Waals surface area contributed by atoms with Crippen molar-refractivity contribution in [2.45, 2.75) is 93.8 Å². The van der Waals surface area contributed by atoms with E-state index in [1.54, 1.807) is 0 Å². The van der Waals surface area contributed by atoms with Crippen LogP contribution in [0.5, 0.6) is 0 Å². The van der Waals surface area contributed by atoms with E-state index >= 15 is 0 Å². The van der Waals surface area contributed by atoms with Gasteiger partial charge in [0, 0.05) is 29.8 Å². The molecule has 1 saturated carbocycles. The number of amides is 2. The number of thioether (sulfide) groups is 1. The van der Waals surface area contributed by atoms with Crippen molar-refractivity contribution in [3.63, 3.8) is 0 Å². The molecule has 10 heteroatoms. The topological polar surface area (TPSA) is 109 Å².